The van der Waals surface area contributed by atoms with Gasteiger partial charge in [0.2, 0.25) is 0 Å². The molecule has 0 atom stereocenters. The van der Waals surface area contributed by atoms with Crippen LogP contribution in [0.3, 0.4) is 0 Å². The second kappa shape index (κ2) is 5.69. The van der Waals surface area contributed by atoms with Gasteiger partial charge in [-0.1, -0.05) is 0 Å². The molecule has 3 aromatic rings. The standard InChI is InChI=1S/C14H9BrFIN2OS/c1-20-7-2-3-8(15)12(4-7)19-13-5-9(16)10(17)6-11(13)18-14(19)21/h2-6H,1H3,(H,18,21). The fourth-order valence-electron chi connectivity index (χ4n) is 2.13. The summed E-state index contributed by atoms with van der Waals surface area (Å²) in [5.74, 6) is 0.431. The van der Waals surface area contributed by atoms with Crippen molar-refractivity contribution in [1.82, 2.24) is 9.55 Å². The summed E-state index contributed by atoms with van der Waals surface area (Å²) in [5.41, 5.74) is 2.28. The van der Waals surface area contributed by atoms with E-state index in [9.17, 15) is 4.39 Å². The predicted octanol–water partition coefficient (Wildman–Crippen LogP) is 5.20. The van der Waals surface area contributed by atoms with Crippen LogP contribution in [-0.4, -0.2) is 16.7 Å². The molecule has 0 bridgehead atoms. The molecule has 0 saturated heterocycles. The molecule has 0 spiro atoms. The van der Waals surface area contributed by atoms with E-state index in [0.29, 0.717) is 19.6 Å². The van der Waals surface area contributed by atoms with Crippen LogP contribution in [0.25, 0.3) is 16.7 Å². The van der Waals surface area contributed by atoms with Gasteiger partial charge in [0.25, 0.3) is 0 Å². The summed E-state index contributed by atoms with van der Waals surface area (Å²) in [7, 11) is 1.60. The van der Waals surface area contributed by atoms with Crippen molar-refractivity contribution < 1.29 is 9.13 Å². The van der Waals surface area contributed by atoms with Gasteiger partial charge in [0.05, 0.1) is 27.4 Å². The molecule has 0 aliphatic rings. The lowest BCUT2D eigenvalue weighted by molar-refractivity contribution is 0.414. The fraction of sp³-hybridized carbons (Fsp3) is 0.0714. The third-order valence-corrected chi connectivity index (χ3v) is 4.90. The van der Waals surface area contributed by atoms with Crippen molar-refractivity contribution in [3.8, 4) is 11.4 Å². The number of benzene rings is 2. The molecular weight excluding hydrogens is 470 g/mol. The molecule has 0 fully saturated rings. The number of rotatable bonds is 2. The minimum Gasteiger partial charge on any atom is -0.497 e. The van der Waals surface area contributed by atoms with E-state index in [1.165, 1.54) is 6.07 Å². The third kappa shape index (κ3) is 2.62. The van der Waals surface area contributed by atoms with Crippen molar-refractivity contribution >= 4 is 61.8 Å². The maximum Gasteiger partial charge on any atom is 0.182 e. The molecule has 7 heteroatoms. The Kier molecular flexibility index (Phi) is 4.06. The van der Waals surface area contributed by atoms with Crippen molar-refractivity contribution in [2.75, 3.05) is 7.11 Å². The number of aromatic nitrogens is 2. The van der Waals surface area contributed by atoms with Gasteiger partial charge in [0.15, 0.2) is 4.77 Å². The average molecular weight is 479 g/mol. The Labute approximate surface area is 147 Å². The first kappa shape index (κ1) is 15.0. The molecule has 1 heterocycles. The molecule has 3 rings (SSSR count). The largest absolute Gasteiger partial charge is 0.497 e. The molecule has 0 unspecified atom stereocenters. The lowest BCUT2D eigenvalue weighted by atomic mass is 10.2. The van der Waals surface area contributed by atoms with Gasteiger partial charge >= 0.3 is 0 Å². The summed E-state index contributed by atoms with van der Waals surface area (Å²) >= 11 is 10.8. The Morgan fingerprint density at radius 1 is 1.33 bits per heavy atom. The number of ether oxygens (including phenoxy) is 1. The van der Waals surface area contributed by atoms with Crippen LogP contribution in [0.4, 0.5) is 4.39 Å². The number of imidazole rings is 1. The highest BCUT2D eigenvalue weighted by Crippen LogP contribution is 2.30. The van der Waals surface area contributed by atoms with E-state index in [-0.39, 0.29) is 5.82 Å². The molecule has 3 nitrogen and oxygen atoms in total. The van der Waals surface area contributed by atoms with Crippen molar-refractivity contribution in [2.24, 2.45) is 0 Å². The molecule has 0 radical (unpaired) electrons. The van der Waals surface area contributed by atoms with E-state index in [4.69, 9.17) is 17.0 Å². The Bertz CT molecular complexity index is 906. The van der Waals surface area contributed by atoms with Crippen LogP contribution in [0.5, 0.6) is 5.75 Å². The summed E-state index contributed by atoms with van der Waals surface area (Å²) in [6.45, 7) is 0. The molecule has 21 heavy (non-hydrogen) atoms. The lowest BCUT2D eigenvalue weighted by Gasteiger charge is -2.09. The molecule has 0 aliphatic heterocycles. The first-order valence-electron chi connectivity index (χ1n) is 5.95. The number of methoxy groups -OCH3 is 1. The zero-order chi connectivity index (χ0) is 15.1. The van der Waals surface area contributed by atoms with Crippen LogP contribution in [0.15, 0.2) is 34.8 Å². The number of nitrogens with zero attached hydrogens (tertiary/aromatic N) is 1. The van der Waals surface area contributed by atoms with Gasteiger partial charge in [0.1, 0.15) is 11.6 Å². The smallest absolute Gasteiger partial charge is 0.182 e. The van der Waals surface area contributed by atoms with Gasteiger partial charge < -0.3 is 9.72 Å². The molecule has 0 amide bonds. The highest BCUT2D eigenvalue weighted by Gasteiger charge is 2.13. The highest BCUT2D eigenvalue weighted by atomic mass is 127. The van der Waals surface area contributed by atoms with Crippen LogP contribution in [0.1, 0.15) is 0 Å². The summed E-state index contributed by atoms with van der Waals surface area (Å²) < 4.78 is 22.8. The van der Waals surface area contributed by atoms with E-state index < -0.39 is 0 Å². The quantitative estimate of drug-likeness (QED) is 0.405. The average Bonchev–Trinajstić information content (AvgIpc) is 2.75. The number of hydrogen-bond acceptors (Lipinski definition) is 2. The van der Waals surface area contributed by atoms with Crippen molar-refractivity contribution in [3.63, 3.8) is 0 Å². The molecule has 0 aliphatic carbocycles. The lowest BCUT2D eigenvalue weighted by Crippen LogP contribution is -1.97. The maximum atomic E-state index is 13.9. The van der Waals surface area contributed by atoms with Gasteiger partial charge in [-0.2, -0.15) is 0 Å². The first-order valence-corrected chi connectivity index (χ1v) is 8.23. The van der Waals surface area contributed by atoms with E-state index in [2.05, 4.69) is 20.9 Å². The summed E-state index contributed by atoms with van der Waals surface area (Å²) in [5, 5.41) is 0. The molecule has 2 aromatic carbocycles. The zero-order valence-electron chi connectivity index (χ0n) is 10.8. The maximum absolute atomic E-state index is 13.9. The Morgan fingerprint density at radius 3 is 2.81 bits per heavy atom. The van der Waals surface area contributed by atoms with Crippen LogP contribution < -0.4 is 4.74 Å². The molecule has 1 N–H and O–H groups in total. The second-order valence-electron chi connectivity index (χ2n) is 4.37. The van der Waals surface area contributed by atoms with Crippen molar-refractivity contribution in [2.45, 2.75) is 0 Å². The third-order valence-electron chi connectivity index (χ3n) is 3.12. The van der Waals surface area contributed by atoms with E-state index in [1.54, 1.807) is 17.7 Å². The Morgan fingerprint density at radius 2 is 2.10 bits per heavy atom. The molecule has 0 saturated carbocycles. The van der Waals surface area contributed by atoms with Gasteiger partial charge in [0, 0.05) is 16.6 Å². The molecule has 1 aromatic heterocycles. The fourth-order valence-corrected chi connectivity index (χ4v) is 3.33. The van der Waals surface area contributed by atoms with Gasteiger partial charge in [-0.15, -0.1) is 0 Å². The van der Waals surface area contributed by atoms with Crippen LogP contribution in [-0.2, 0) is 0 Å². The number of halogens is 3. The van der Waals surface area contributed by atoms with Crippen molar-refractivity contribution in [3.05, 3.63) is 49.0 Å². The van der Waals surface area contributed by atoms with E-state index in [0.717, 1.165) is 15.7 Å². The van der Waals surface area contributed by atoms with Crippen LogP contribution >= 0.6 is 50.7 Å². The SMILES string of the molecule is COc1ccc(Br)c(-n2c(=S)[nH]c3cc(I)c(F)cc32)c1. The summed E-state index contributed by atoms with van der Waals surface area (Å²) in [6.07, 6.45) is 0. The van der Waals surface area contributed by atoms with Gasteiger partial charge in [-0.25, -0.2) is 4.39 Å². The van der Waals surface area contributed by atoms with E-state index >= 15 is 0 Å². The van der Waals surface area contributed by atoms with E-state index in [1.807, 2.05) is 40.8 Å². The molecular formula is C14H9BrFIN2OS. The minimum atomic E-state index is -0.273. The number of hydrogen-bond donors (Lipinski definition) is 1. The molecule has 108 valence electrons. The number of nitrogens with one attached hydrogen (secondary N) is 1. The first-order chi connectivity index (χ1) is 10.0. The van der Waals surface area contributed by atoms with Gasteiger partial charge in [-0.05, 0) is 68.9 Å². The Balaban J connectivity index is 2.37. The highest BCUT2D eigenvalue weighted by molar-refractivity contribution is 14.1. The summed E-state index contributed by atoms with van der Waals surface area (Å²) in [4.78, 5) is 3.10. The Hall–Kier alpha value is -0.930. The van der Waals surface area contributed by atoms with Crippen molar-refractivity contribution in [1.29, 1.82) is 0 Å². The predicted molar refractivity (Wildman–Crippen MR) is 95.4 cm³/mol. The number of aromatic amines is 1. The zero-order valence-corrected chi connectivity index (χ0v) is 15.3. The number of fused-ring (bicyclic) bond motifs is 1. The minimum absolute atomic E-state index is 0.273. The van der Waals surface area contributed by atoms with Gasteiger partial charge in [-0.3, -0.25) is 4.57 Å². The second-order valence-corrected chi connectivity index (χ2v) is 6.77. The monoisotopic (exact) mass is 478 g/mol. The number of H-pyrrole nitrogens is 1. The van der Waals surface area contributed by atoms with Crippen LogP contribution in [0, 0.1) is 14.2 Å². The normalized spacial score (nSPS) is 11.0. The summed E-state index contributed by atoms with van der Waals surface area (Å²) in [6, 6.07) is 8.79. The van der Waals surface area contributed by atoms with Crippen LogP contribution in [0.2, 0.25) is 0 Å². The topological polar surface area (TPSA) is 29.9 Å².